The normalized spacial score (nSPS) is 18.2. The Labute approximate surface area is 105 Å². The van der Waals surface area contributed by atoms with Gasteiger partial charge in [0.2, 0.25) is 0 Å². The van der Waals surface area contributed by atoms with E-state index < -0.39 is 5.41 Å². The molecule has 4 heteroatoms. The van der Waals surface area contributed by atoms with Crippen molar-refractivity contribution < 1.29 is 10.2 Å². The first-order valence-electron chi connectivity index (χ1n) is 6.74. The molecule has 102 valence electrons. The molecule has 0 aliphatic heterocycles. The van der Waals surface area contributed by atoms with Gasteiger partial charge in [-0.3, -0.25) is 0 Å². The van der Waals surface area contributed by atoms with E-state index in [-0.39, 0.29) is 13.2 Å². The van der Waals surface area contributed by atoms with Gasteiger partial charge < -0.3 is 20.4 Å². The molecule has 1 saturated carbocycles. The highest BCUT2D eigenvalue weighted by atomic mass is 16.3. The zero-order valence-corrected chi connectivity index (χ0v) is 11.3. The summed E-state index contributed by atoms with van der Waals surface area (Å²) in [7, 11) is 2.19. The Morgan fingerprint density at radius 3 is 2.35 bits per heavy atom. The summed E-state index contributed by atoms with van der Waals surface area (Å²) in [5, 5.41) is 21.6. The van der Waals surface area contributed by atoms with Crippen molar-refractivity contribution in [3.8, 4) is 0 Å². The minimum absolute atomic E-state index is 0.0228. The summed E-state index contributed by atoms with van der Waals surface area (Å²) in [5.74, 6) is 0. The molecule has 0 aromatic heterocycles. The fourth-order valence-electron chi connectivity index (χ4n) is 2.33. The molecule has 1 aliphatic carbocycles. The molecular weight excluding hydrogens is 216 g/mol. The van der Waals surface area contributed by atoms with Crippen molar-refractivity contribution in [2.24, 2.45) is 5.41 Å². The first-order chi connectivity index (χ1) is 8.11. The summed E-state index contributed by atoms with van der Waals surface area (Å²) in [5.41, 5.74) is -0.397. The van der Waals surface area contributed by atoms with Gasteiger partial charge in [0.05, 0.1) is 13.2 Å². The first-order valence-corrected chi connectivity index (χ1v) is 6.74. The predicted octanol–water partition coefficient (Wildman–Crippen LogP) is 0.441. The smallest absolute Gasteiger partial charge is 0.0518 e. The third-order valence-electron chi connectivity index (χ3n) is 3.90. The Hall–Kier alpha value is -0.160. The maximum absolute atomic E-state index is 9.16. The maximum atomic E-state index is 9.16. The largest absolute Gasteiger partial charge is 0.396 e. The number of aliphatic hydroxyl groups is 2. The van der Waals surface area contributed by atoms with Crippen LogP contribution in [0.4, 0.5) is 0 Å². The van der Waals surface area contributed by atoms with E-state index >= 15 is 0 Å². The minimum atomic E-state index is -0.397. The highest BCUT2D eigenvalue weighted by Crippen LogP contribution is 2.21. The standard InChI is InChI=1S/C13H28N2O2/c1-13(10-16,11-17)9-14-7-8-15(2)12-5-3-4-6-12/h12,14,16-17H,3-11H2,1-2H3. The Balaban J connectivity index is 2.10. The summed E-state index contributed by atoms with van der Waals surface area (Å²) in [6.07, 6.45) is 5.41. The van der Waals surface area contributed by atoms with E-state index in [1.807, 2.05) is 6.92 Å². The van der Waals surface area contributed by atoms with Crippen molar-refractivity contribution in [2.75, 3.05) is 39.9 Å². The SMILES string of the molecule is CN(CCNCC(C)(CO)CO)C1CCCC1. The maximum Gasteiger partial charge on any atom is 0.0518 e. The molecule has 0 unspecified atom stereocenters. The topological polar surface area (TPSA) is 55.7 Å². The Bertz CT molecular complexity index is 202. The number of hydrogen-bond acceptors (Lipinski definition) is 4. The number of rotatable bonds is 8. The van der Waals surface area contributed by atoms with E-state index in [0.29, 0.717) is 6.54 Å². The Morgan fingerprint density at radius 1 is 1.24 bits per heavy atom. The van der Waals surface area contributed by atoms with Crippen LogP contribution in [0.15, 0.2) is 0 Å². The molecule has 0 amide bonds. The van der Waals surface area contributed by atoms with Gasteiger partial charge in [0.15, 0.2) is 0 Å². The summed E-state index contributed by atoms with van der Waals surface area (Å²) in [4.78, 5) is 2.43. The third kappa shape index (κ3) is 4.92. The highest BCUT2D eigenvalue weighted by molar-refractivity contribution is 4.77. The van der Waals surface area contributed by atoms with Crippen LogP contribution in [0.1, 0.15) is 32.6 Å². The summed E-state index contributed by atoms with van der Waals surface area (Å²) < 4.78 is 0. The fourth-order valence-corrected chi connectivity index (χ4v) is 2.33. The highest BCUT2D eigenvalue weighted by Gasteiger charge is 2.22. The summed E-state index contributed by atoms with van der Waals surface area (Å²) >= 11 is 0. The quantitative estimate of drug-likeness (QED) is 0.542. The van der Waals surface area contributed by atoms with Gasteiger partial charge in [-0.2, -0.15) is 0 Å². The van der Waals surface area contributed by atoms with Crippen LogP contribution in [0.5, 0.6) is 0 Å². The van der Waals surface area contributed by atoms with Gasteiger partial charge >= 0.3 is 0 Å². The van der Waals surface area contributed by atoms with Gasteiger partial charge in [0.1, 0.15) is 0 Å². The average Bonchev–Trinajstić information content (AvgIpc) is 2.88. The van der Waals surface area contributed by atoms with Gasteiger partial charge in [-0.25, -0.2) is 0 Å². The monoisotopic (exact) mass is 244 g/mol. The number of aliphatic hydroxyl groups excluding tert-OH is 2. The van der Waals surface area contributed by atoms with Crippen molar-refractivity contribution in [3.05, 3.63) is 0 Å². The molecule has 0 spiro atoms. The molecule has 0 aromatic carbocycles. The van der Waals surface area contributed by atoms with Crippen LogP contribution in [0, 0.1) is 5.41 Å². The van der Waals surface area contributed by atoms with Crippen LogP contribution in [0.2, 0.25) is 0 Å². The Kier molecular flexibility index (Phi) is 6.41. The zero-order chi connectivity index (χ0) is 12.7. The lowest BCUT2D eigenvalue weighted by Crippen LogP contribution is -2.41. The molecule has 4 nitrogen and oxygen atoms in total. The summed E-state index contributed by atoms with van der Waals surface area (Å²) in [6, 6.07) is 0.763. The zero-order valence-electron chi connectivity index (χ0n) is 11.3. The van der Waals surface area contributed by atoms with Crippen LogP contribution >= 0.6 is 0 Å². The lowest BCUT2D eigenvalue weighted by Gasteiger charge is -2.27. The van der Waals surface area contributed by atoms with E-state index in [4.69, 9.17) is 10.2 Å². The van der Waals surface area contributed by atoms with Crippen LogP contribution in [0.25, 0.3) is 0 Å². The van der Waals surface area contributed by atoms with Gasteiger partial charge in [-0.1, -0.05) is 19.8 Å². The molecule has 3 N–H and O–H groups in total. The van der Waals surface area contributed by atoms with Crippen LogP contribution in [0.3, 0.4) is 0 Å². The van der Waals surface area contributed by atoms with Crippen LogP contribution < -0.4 is 5.32 Å². The molecular formula is C13H28N2O2. The number of likely N-dealkylation sites (N-methyl/N-ethyl adjacent to an activating group) is 1. The first kappa shape index (κ1) is 14.9. The molecule has 0 saturated heterocycles. The van der Waals surface area contributed by atoms with E-state index in [1.165, 1.54) is 25.7 Å². The van der Waals surface area contributed by atoms with Crippen LogP contribution in [-0.4, -0.2) is 61.1 Å². The molecule has 0 atom stereocenters. The van der Waals surface area contributed by atoms with Gasteiger partial charge in [-0.15, -0.1) is 0 Å². The van der Waals surface area contributed by atoms with E-state index in [1.54, 1.807) is 0 Å². The van der Waals surface area contributed by atoms with Crippen molar-refractivity contribution in [1.82, 2.24) is 10.2 Å². The lowest BCUT2D eigenvalue weighted by atomic mass is 9.93. The van der Waals surface area contributed by atoms with Crippen molar-refractivity contribution in [2.45, 2.75) is 38.6 Å². The van der Waals surface area contributed by atoms with Crippen molar-refractivity contribution >= 4 is 0 Å². The molecule has 0 radical (unpaired) electrons. The van der Waals surface area contributed by atoms with E-state index in [2.05, 4.69) is 17.3 Å². The predicted molar refractivity (Wildman–Crippen MR) is 70.0 cm³/mol. The van der Waals surface area contributed by atoms with Gasteiger partial charge in [-0.05, 0) is 19.9 Å². The lowest BCUT2D eigenvalue weighted by molar-refractivity contribution is 0.0691. The molecule has 0 bridgehead atoms. The van der Waals surface area contributed by atoms with E-state index in [0.717, 1.165) is 19.1 Å². The van der Waals surface area contributed by atoms with Crippen molar-refractivity contribution in [1.29, 1.82) is 0 Å². The second-order valence-electron chi connectivity index (χ2n) is 5.72. The molecule has 1 fully saturated rings. The van der Waals surface area contributed by atoms with E-state index in [9.17, 15) is 0 Å². The second kappa shape index (κ2) is 7.31. The second-order valence-corrected chi connectivity index (χ2v) is 5.72. The van der Waals surface area contributed by atoms with Crippen LogP contribution in [-0.2, 0) is 0 Å². The number of nitrogens with zero attached hydrogens (tertiary/aromatic N) is 1. The molecule has 0 heterocycles. The average molecular weight is 244 g/mol. The molecule has 1 rings (SSSR count). The third-order valence-corrected chi connectivity index (χ3v) is 3.90. The van der Waals surface area contributed by atoms with Crippen molar-refractivity contribution in [3.63, 3.8) is 0 Å². The Morgan fingerprint density at radius 2 is 1.82 bits per heavy atom. The molecule has 17 heavy (non-hydrogen) atoms. The molecule has 0 aromatic rings. The van der Waals surface area contributed by atoms with Gasteiger partial charge in [0.25, 0.3) is 0 Å². The fraction of sp³-hybridized carbons (Fsp3) is 1.00. The minimum Gasteiger partial charge on any atom is -0.396 e. The number of hydrogen-bond donors (Lipinski definition) is 3. The summed E-state index contributed by atoms with van der Waals surface area (Å²) in [6.45, 7) is 4.56. The van der Waals surface area contributed by atoms with Gasteiger partial charge in [0, 0.05) is 31.1 Å². The number of nitrogens with one attached hydrogen (secondary N) is 1. The molecule has 1 aliphatic rings.